The van der Waals surface area contributed by atoms with Crippen LogP contribution in [0.4, 0.5) is 5.82 Å². The first kappa shape index (κ1) is 23.0. The molecule has 7 heteroatoms. The molecular formula is C29H34N6O. The fraction of sp³-hybridized carbons (Fsp3) is 0.379. The lowest BCUT2D eigenvalue weighted by atomic mass is 9.88. The molecule has 2 aliphatic rings. The van der Waals surface area contributed by atoms with Gasteiger partial charge in [-0.3, -0.25) is 4.90 Å². The number of piperidine rings is 1. The fourth-order valence-corrected chi connectivity index (χ4v) is 6.01. The maximum atomic E-state index is 6.39. The van der Waals surface area contributed by atoms with Gasteiger partial charge in [0.05, 0.1) is 5.39 Å². The fourth-order valence-electron chi connectivity index (χ4n) is 6.01. The molecule has 0 spiro atoms. The molecule has 2 aromatic heterocycles. The molecule has 4 aromatic rings. The van der Waals surface area contributed by atoms with Crippen molar-refractivity contribution in [2.45, 2.75) is 56.7 Å². The lowest BCUT2D eigenvalue weighted by Gasteiger charge is -2.41. The van der Waals surface area contributed by atoms with Crippen molar-refractivity contribution in [1.29, 1.82) is 0 Å². The van der Waals surface area contributed by atoms with Crippen LogP contribution in [0.5, 0.6) is 11.5 Å². The summed E-state index contributed by atoms with van der Waals surface area (Å²) >= 11 is 0. The summed E-state index contributed by atoms with van der Waals surface area (Å²) in [6, 6.07) is 19.4. The van der Waals surface area contributed by atoms with Crippen molar-refractivity contribution in [2.24, 2.45) is 5.73 Å². The predicted octanol–water partition coefficient (Wildman–Crippen LogP) is 5.38. The molecule has 4 N–H and O–H groups in total. The van der Waals surface area contributed by atoms with Gasteiger partial charge in [0.1, 0.15) is 29.3 Å². The Morgan fingerprint density at radius 2 is 1.56 bits per heavy atom. The van der Waals surface area contributed by atoms with Crippen LogP contribution >= 0.6 is 0 Å². The van der Waals surface area contributed by atoms with Crippen LogP contribution in [0.2, 0.25) is 0 Å². The maximum Gasteiger partial charge on any atom is 0.146 e. The Morgan fingerprint density at radius 3 is 2.31 bits per heavy atom. The highest BCUT2D eigenvalue weighted by atomic mass is 16.5. The molecule has 0 bridgehead atoms. The molecule has 1 aliphatic heterocycles. The van der Waals surface area contributed by atoms with E-state index in [0.29, 0.717) is 23.9 Å². The van der Waals surface area contributed by atoms with Crippen molar-refractivity contribution in [3.8, 4) is 22.6 Å². The Morgan fingerprint density at radius 1 is 0.833 bits per heavy atom. The van der Waals surface area contributed by atoms with E-state index in [-0.39, 0.29) is 0 Å². The van der Waals surface area contributed by atoms with E-state index in [9.17, 15) is 0 Å². The Balaban J connectivity index is 1.25. The highest BCUT2D eigenvalue weighted by molar-refractivity contribution is 6.00. The van der Waals surface area contributed by atoms with Crippen LogP contribution in [0.3, 0.4) is 0 Å². The summed E-state index contributed by atoms with van der Waals surface area (Å²) in [6.07, 6.45) is 10.8. The van der Waals surface area contributed by atoms with E-state index in [1.807, 2.05) is 42.5 Å². The lowest BCUT2D eigenvalue weighted by molar-refractivity contribution is 0.107. The van der Waals surface area contributed by atoms with Gasteiger partial charge in [0, 0.05) is 36.4 Å². The molecule has 1 saturated carbocycles. The first-order chi connectivity index (χ1) is 17.7. The number of hydrogen-bond acceptors (Lipinski definition) is 6. The Kier molecular flexibility index (Phi) is 6.34. The number of benzene rings is 2. The van der Waals surface area contributed by atoms with E-state index in [1.165, 1.54) is 25.8 Å². The largest absolute Gasteiger partial charge is 0.457 e. The second-order valence-corrected chi connectivity index (χ2v) is 10.2. The summed E-state index contributed by atoms with van der Waals surface area (Å²) in [6.45, 7) is 2.23. The minimum absolute atomic E-state index is 0.330. The summed E-state index contributed by atoms with van der Waals surface area (Å²) in [7, 11) is 0. The number of nitrogens with zero attached hydrogens (tertiary/aromatic N) is 4. The molecule has 1 atom stereocenters. The Labute approximate surface area is 212 Å². The number of fused-ring (bicyclic) bond motifs is 1. The second kappa shape index (κ2) is 9.91. The number of rotatable bonds is 5. The van der Waals surface area contributed by atoms with Crippen molar-refractivity contribution < 1.29 is 4.74 Å². The minimum atomic E-state index is 0.330. The number of nitrogen functional groups attached to an aromatic ring is 1. The van der Waals surface area contributed by atoms with Crippen LogP contribution in [0, 0.1) is 0 Å². The molecule has 0 amide bonds. The second-order valence-electron chi connectivity index (χ2n) is 10.2. The number of nitrogens with two attached hydrogens (primary N) is 2. The van der Waals surface area contributed by atoms with Gasteiger partial charge in [-0.05, 0) is 74.9 Å². The van der Waals surface area contributed by atoms with Crippen molar-refractivity contribution in [1.82, 2.24) is 19.4 Å². The number of likely N-dealkylation sites (tertiary alicyclic amines) is 1. The van der Waals surface area contributed by atoms with E-state index in [2.05, 4.69) is 37.8 Å². The minimum Gasteiger partial charge on any atom is -0.457 e. The summed E-state index contributed by atoms with van der Waals surface area (Å²) < 4.78 is 8.32. The van der Waals surface area contributed by atoms with Crippen molar-refractivity contribution >= 4 is 16.9 Å². The molecule has 3 heterocycles. The standard InChI is InChI=1S/C29H34N6O/c30-21-5-4-16-34(17-21)22-10-12-23(13-11-22)35-18-26(27-28(31)32-19-33-29(27)35)20-8-14-25(15-9-20)36-24-6-2-1-3-7-24/h1-3,6-9,14-15,18-19,21-23H,4-5,10-13,16-17,30H2,(H2,31,32,33)/t21-,22-,23-/m0/s1. The molecule has 36 heavy (non-hydrogen) atoms. The van der Waals surface area contributed by atoms with Gasteiger partial charge >= 0.3 is 0 Å². The smallest absolute Gasteiger partial charge is 0.146 e. The van der Waals surface area contributed by atoms with Crippen LogP contribution in [0.15, 0.2) is 67.1 Å². The molecule has 0 unspecified atom stereocenters. The van der Waals surface area contributed by atoms with Crippen molar-refractivity contribution in [2.75, 3.05) is 18.8 Å². The average molecular weight is 483 g/mol. The molecule has 2 fully saturated rings. The van der Waals surface area contributed by atoms with E-state index >= 15 is 0 Å². The molecule has 7 nitrogen and oxygen atoms in total. The van der Waals surface area contributed by atoms with E-state index in [4.69, 9.17) is 16.2 Å². The third-order valence-corrected chi connectivity index (χ3v) is 7.85. The first-order valence-electron chi connectivity index (χ1n) is 13.1. The normalized spacial score (nSPS) is 23.1. The summed E-state index contributed by atoms with van der Waals surface area (Å²) in [5.74, 6) is 2.14. The van der Waals surface area contributed by atoms with Gasteiger partial charge in [0.15, 0.2) is 0 Å². The molecule has 186 valence electrons. The number of anilines is 1. The number of ether oxygens (including phenoxy) is 1. The molecule has 2 aromatic carbocycles. The maximum absolute atomic E-state index is 6.39. The molecule has 0 radical (unpaired) electrons. The number of para-hydroxylation sites is 1. The van der Waals surface area contributed by atoms with Crippen molar-refractivity contribution in [3.63, 3.8) is 0 Å². The van der Waals surface area contributed by atoms with E-state index < -0.39 is 0 Å². The highest BCUT2D eigenvalue weighted by Crippen LogP contribution is 2.39. The summed E-state index contributed by atoms with van der Waals surface area (Å²) in [5, 5.41) is 0.929. The number of hydrogen-bond donors (Lipinski definition) is 2. The van der Waals surface area contributed by atoms with E-state index in [0.717, 1.165) is 59.5 Å². The van der Waals surface area contributed by atoms with E-state index in [1.54, 1.807) is 6.33 Å². The molecule has 1 aliphatic carbocycles. The molecule has 1 saturated heterocycles. The summed E-state index contributed by atoms with van der Waals surface area (Å²) in [5.41, 5.74) is 15.7. The zero-order valence-corrected chi connectivity index (χ0v) is 20.6. The SMILES string of the molecule is Nc1ncnc2c1c(-c1ccc(Oc3ccccc3)cc1)cn2[C@H]1CC[C@H](N2CCC[C@H](N)C2)CC1. The summed E-state index contributed by atoms with van der Waals surface area (Å²) in [4.78, 5) is 11.6. The van der Waals surface area contributed by atoms with Crippen LogP contribution in [-0.4, -0.2) is 44.6 Å². The third kappa shape index (κ3) is 4.56. The van der Waals surface area contributed by atoms with Crippen LogP contribution in [-0.2, 0) is 0 Å². The zero-order chi connectivity index (χ0) is 24.5. The highest BCUT2D eigenvalue weighted by Gasteiger charge is 2.30. The number of aromatic nitrogens is 3. The van der Waals surface area contributed by atoms with Crippen LogP contribution in [0.25, 0.3) is 22.2 Å². The predicted molar refractivity (Wildman–Crippen MR) is 144 cm³/mol. The zero-order valence-electron chi connectivity index (χ0n) is 20.6. The van der Waals surface area contributed by atoms with Crippen LogP contribution < -0.4 is 16.2 Å². The van der Waals surface area contributed by atoms with Gasteiger partial charge in [-0.1, -0.05) is 30.3 Å². The van der Waals surface area contributed by atoms with Gasteiger partial charge in [0.25, 0.3) is 0 Å². The van der Waals surface area contributed by atoms with Gasteiger partial charge in [0.2, 0.25) is 0 Å². The Hall–Kier alpha value is -3.42. The first-order valence-corrected chi connectivity index (χ1v) is 13.1. The average Bonchev–Trinajstić information content (AvgIpc) is 3.31. The van der Waals surface area contributed by atoms with Crippen molar-refractivity contribution in [3.05, 3.63) is 67.1 Å². The van der Waals surface area contributed by atoms with Gasteiger partial charge in [-0.15, -0.1) is 0 Å². The lowest BCUT2D eigenvalue weighted by Crippen LogP contribution is -2.48. The van der Waals surface area contributed by atoms with Crippen LogP contribution in [0.1, 0.15) is 44.6 Å². The molecular weight excluding hydrogens is 448 g/mol. The Bertz CT molecular complexity index is 1310. The van der Waals surface area contributed by atoms with Gasteiger partial charge < -0.3 is 20.8 Å². The topological polar surface area (TPSA) is 95.2 Å². The van der Waals surface area contributed by atoms with Gasteiger partial charge in [-0.2, -0.15) is 0 Å². The van der Waals surface area contributed by atoms with Gasteiger partial charge in [-0.25, -0.2) is 9.97 Å². The quantitative estimate of drug-likeness (QED) is 0.397. The molecule has 6 rings (SSSR count). The monoisotopic (exact) mass is 482 g/mol. The third-order valence-electron chi connectivity index (χ3n) is 7.85.